The molecule has 0 saturated carbocycles. The lowest BCUT2D eigenvalue weighted by molar-refractivity contribution is -0.134. The number of thioether (sulfide) groups is 1. The van der Waals surface area contributed by atoms with Gasteiger partial charge in [-0.05, 0) is 59.7 Å². The molecule has 3 aromatic carbocycles. The molecular weight excluding hydrogens is 620 g/mol. The average Bonchev–Trinajstić information content (AvgIpc) is 2.81. The third-order valence-corrected chi connectivity index (χ3v) is 9.28. The van der Waals surface area contributed by atoms with Crippen LogP contribution in [0.25, 0.3) is 6.08 Å². The Morgan fingerprint density at radius 2 is 1.74 bits per heavy atom. The summed E-state index contributed by atoms with van der Waals surface area (Å²) < 4.78 is 27.5. The van der Waals surface area contributed by atoms with Crippen molar-refractivity contribution in [3.63, 3.8) is 0 Å². The quantitative estimate of drug-likeness (QED) is 0.282. The summed E-state index contributed by atoms with van der Waals surface area (Å²) in [4.78, 5) is 24.7. The summed E-state index contributed by atoms with van der Waals surface area (Å²) in [7, 11) is -3.66. The summed E-state index contributed by atoms with van der Waals surface area (Å²) in [6.07, 6.45) is 1.72. The molecule has 0 unspecified atom stereocenters. The van der Waals surface area contributed by atoms with E-state index in [1.165, 1.54) is 17.8 Å². The number of aliphatic carboxylic acids is 1. The van der Waals surface area contributed by atoms with Crippen molar-refractivity contribution in [2.24, 2.45) is 0 Å². The Bertz CT molecular complexity index is 1430. The van der Waals surface area contributed by atoms with Crippen LogP contribution in [0.5, 0.6) is 0 Å². The van der Waals surface area contributed by atoms with E-state index in [1.54, 1.807) is 54.6 Å². The van der Waals surface area contributed by atoms with Gasteiger partial charge in [0.2, 0.25) is 0 Å². The number of amides is 1. The molecule has 1 aliphatic rings. The van der Waals surface area contributed by atoms with Crippen LogP contribution < -0.4 is 10.6 Å². The van der Waals surface area contributed by atoms with E-state index in [-0.39, 0.29) is 23.1 Å². The smallest absolute Gasteiger partial charge is 0.322 e. The number of rotatable bonds is 7. The molecule has 7 nitrogen and oxygen atoms in total. The molecule has 180 valence electrons. The summed E-state index contributed by atoms with van der Waals surface area (Å²) in [5.74, 6) is -1.49. The predicted molar refractivity (Wildman–Crippen MR) is 144 cm³/mol. The molecule has 0 aromatic heterocycles. The molecular formula is C24H18Br2N2O5S2. The fraction of sp³-hybridized carbons (Fsp3) is 0.0833. The highest BCUT2D eigenvalue weighted by molar-refractivity contribution is 9.11. The zero-order chi connectivity index (χ0) is 25.2. The van der Waals surface area contributed by atoms with Gasteiger partial charge in [-0.15, -0.1) is 0 Å². The van der Waals surface area contributed by atoms with E-state index in [0.717, 1.165) is 10.5 Å². The summed E-state index contributed by atoms with van der Waals surface area (Å²) in [5.41, 5.74) is 2.49. The highest BCUT2D eigenvalue weighted by atomic mass is 79.9. The second-order valence-electron chi connectivity index (χ2n) is 7.55. The normalized spacial score (nSPS) is 14.3. The first-order chi connectivity index (χ1) is 16.6. The van der Waals surface area contributed by atoms with E-state index in [9.17, 15) is 18.0 Å². The molecule has 1 aliphatic heterocycles. The number of nitrogens with one attached hydrogen (secondary N) is 2. The van der Waals surface area contributed by atoms with Crippen molar-refractivity contribution in [2.75, 3.05) is 17.2 Å². The second-order valence-corrected chi connectivity index (χ2v) is 12.3. The van der Waals surface area contributed by atoms with Crippen molar-refractivity contribution in [3.8, 4) is 0 Å². The van der Waals surface area contributed by atoms with Gasteiger partial charge in [-0.25, -0.2) is 8.42 Å². The van der Waals surface area contributed by atoms with Crippen LogP contribution in [0.2, 0.25) is 0 Å². The van der Waals surface area contributed by atoms with Crippen LogP contribution in [0.1, 0.15) is 11.1 Å². The number of carbonyl (C=O) groups excluding carboxylic acids is 1. The van der Waals surface area contributed by atoms with Gasteiger partial charge in [0, 0.05) is 19.5 Å². The topological polar surface area (TPSA) is 113 Å². The predicted octanol–water partition coefficient (Wildman–Crippen LogP) is 5.77. The molecule has 0 saturated heterocycles. The number of carbonyl (C=O) groups is 2. The van der Waals surface area contributed by atoms with Gasteiger partial charge in [0.1, 0.15) is 6.54 Å². The molecule has 11 heteroatoms. The minimum absolute atomic E-state index is 0.122. The first-order valence-corrected chi connectivity index (χ1v) is 14.2. The Morgan fingerprint density at radius 1 is 1.06 bits per heavy atom. The largest absolute Gasteiger partial charge is 0.480 e. The summed E-state index contributed by atoms with van der Waals surface area (Å²) >= 11 is 8.06. The minimum Gasteiger partial charge on any atom is -0.480 e. The number of benzene rings is 3. The van der Waals surface area contributed by atoms with E-state index >= 15 is 0 Å². The van der Waals surface area contributed by atoms with Crippen LogP contribution in [-0.4, -0.2) is 31.9 Å². The van der Waals surface area contributed by atoms with Crippen LogP contribution in [0, 0.1) is 0 Å². The zero-order valence-electron chi connectivity index (χ0n) is 17.9. The van der Waals surface area contributed by atoms with Gasteiger partial charge in [-0.1, -0.05) is 61.8 Å². The Labute approximate surface area is 223 Å². The van der Waals surface area contributed by atoms with E-state index < -0.39 is 15.8 Å². The lowest BCUT2D eigenvalue weighted by Crippen LogP contribution is -2.18. The molecule has 4 rings (SSSR count). The van der Waals surface area contributed by atoms with Crippen LogP contribution >= 0.6 is 43.6 Å². The maximum atomic E-state index is 13.1. The fourth-order valence-corrected chi connectivity index (χ4v) is 7.31. The molecule has 0 radical (unpaired) electrons. The molecule has 0 aliphatic carbocycles. The summed E-state index contributed by atoms with van der Waals surface area (Å²) in [6.45, 7) is -0.187. The van der Waals surface area contributed by atoms with Gasteiger partial charge < -0.3 is 15.7 Å². The molecule has 0 fully saturated rings. The lowest BCUT2D eigenvalue weighted by Gasteiger charge is -2.20. The van der Waals surface area contributed by atoms with Crippen molar-refractivity contribution in [1.82, 2.24) is 0 Å². The minimum atomic E-state index is -3.66. The number of hydrogen-bond donors (Lipinski definition) is 3. The van der Waals surface area contributed by atoms with Crippen molar-refractivity contribution in [3.05, 3.63) is 85.6 Å². The first kappa shape index (κ1) is 25.5. The maximum absolute atomic E-state index is 13.1. The number of halogens is 2. The molecule has 0 bridgehead atoms. The summed E-state index contributed by atoms with van der Waals surface area (Å²) in [5, 5.41) is 14.3. The third-order valence-electron chi connectivity index (χ3n) is 5.05. The number of sulfone groups is 1. The molecule has 0 atom stereocenters. The molecule has 1 amide bonds. The number of carboxylic acid groups (broad SMARTS) is 1. The second kappa shape index (κ2) is 10.6. The maximum Gasteiger partial charge on any atom is 0.322 e. The Balaban J connectivity index is 1.53. The molecule has 35 heavy (non-hydrogen) atoms. The highest BCUT2D eigenvalue weighted by Gasteiger charge is 2.25. The standard InChI is InChI=1S/C24H18Br2N2O5S2/c25-18-2-1-3-19(26)17(18)13-35(32,33)16-8-9-21-20(11-16)28-24(31)22(34-21)10-14-4-6-15(7-5-14)27-12-23(29)30/h1-11,27H,12-13H2,(H,28,31)(H,29,30). The van der Waals surface area contributed by atoms with Crippen molar-refractivity contribution in [2.45, 2.75) is 15.5 Å². The Hall–Kier alpha value is -2.60. The van der Waals surface area contributed by atoms with Crippen LogP contribution in [0.4, 0.5) is 11.4 Å². The number of hydrogen-bond acceptors (Lipinski definition) is 6. The van der Waals surface area contributed by atoms with Crippen molar-refractivity contribution < 1.29 is 23.1 Å². The van der Waals surface area contributed by atoms with Gasteiger partial charge in [0.05, 0.1) is 21.2 Å². The van der Waals surface area contributed by atoms with E-state index in [1.807, 2.05) is 6.07 Å². The van der Waals surface area contributed by atoms with Crippen LogP contribution in [0.15, 0.2) is 84.3 Å². The van der Waals surface area contributed by atoms with Crippen molar-refractivity contribution >= 4 is 82.8 Å². The summed E-state index contributed by atoms with van der Waals surface area (Å²) in [6, 6.07) is 17.1. The number of carboxylic acids is 1. The molecule has 3 aromatic rings. The van der Waals surface area contributed by atoms with Crippen LogP contribution in [0.3, 0.4) is 0 Å². The van der Waals surface area contributed by atoms with Gasteiger partial charge in [0.15, 0.2) is 9.84 Å². The molecule has 1 heterocycles. The average molecular weight is 638 g/mol. The van der Waals surface area contributed by atoms with E-state index in [2.05, 4.69) is 42.5 Å². The van der Waals surface area contributed by atoms with Gasteiger partial charge in [-0.3, -0.25) is 9.59 Å². The third kappa shape index (κ3) is 6.16. The first-order valence-electron chi connectivity index (χ1n) is 10.2. The lowest BCUT2D eigenvalue weighted by atomic mass is 10.2. The monoisotopic (exact) mass is 636 g/mol. The van der Waals surface area contributed by atoms with E-state index in [4.69, 9.17) is 5.11 Å². The number of anilines is 2. The van der Waals surface area contributed by atoms with E-state index in [0.29, 0.717) is 30.8 Å². The SMILES string of the molecule is O=C(O)CNc1ccc(C=C2Sc3ccc(S(=O)(=O)Cc4c(Br)cccc4Br)cc3NC2=O)cc1. The number of fused-ring (bicyclic) bond motifs is 1. The fourth-order valence-electron chi connectivity index (χ4n) is 3.30. The Morgan fingerprint density at radius 3 is 2.40 bits per heavy atom. The van der Waals surface area contributed by atoms with Gasteiger partial charge >= 0.3 is 5.97 Å². The van der Waals surface area contributed by atoms with Gasteiger partial charge in [0.25, 0.3) is 5.91 Å². The molecule has 0 spiro atoms. The highest BCUT2D eigenvalue weighted by Crippen LogP contribution is 2.40. The van der Waals surface area contributed by atoms with Crippen molar-refractivity contribution in [1.29, 1.82) is 0 Å². The van der Waals surface area contributed by atoms with Gasteiger partial charge in [-0.2, -0.15) is 0 Å². The Kier molecular flexibility index (Phi) is 7.70. The molecule has 3 N–H and O–H groups in total. The van der Waals surface area contributed by atoms with Crippen LogP contribution in [-0.2, 0) is 25.2 Å². The zero-order valence-corrected chi connectivity index (χ0v) is 22.7.